The van der Waals surface area contributed by atoms with Crippen LogP contribution in [0.4, 0.5) is 0 Å². The number of methoxy groups -OCH3 is 3. The fraction of sp³-hybridized carbons (Fsp3) is 0.619. The normalized spacial score (nSPS) is 18.9. The Bertz CT molecular complexity index is 650. The SMILES string of the molecule is COc1cc(CCC(=O)OCC(=O)N[C@H]2CCCC[C@@H]2C)cc(OC)c1OC. The molecule has 1 fully saturated rings. The summed E-state index contributed by atoms with van der Waals surface area (Å²) < 4.78 is 21.0. The molecule has 28 heavy (non-hydrogen) atoms. The molecule has 0 heterocycles. The van der Waals surface area contributed by atoms with Gasteiger partial charge in [0.05, 0.1) is 21.3 Å². The highest BCUT2D eigenvalue weighted by Crippen LogP contribution is 2.38. The summed E-state index contributed by atoms with van der Waals surface area (Å²) in [5, 5.41) is 2.98. The van der Waals surface area contributed by atoms with Crippen LogP contribution in [0.2, 0.25) is 0 Å². The average molecular weight is 393 g/mol. The molecule has 0 radical (unpaired) electrons. The number of rotatable bonds is 9. The van der Waals surface area contributed by atoms with Crippen LogP contribution in [0.5, 0.6) is 17.2 Å². The molecule has 0 aliphatic heterocycles. The second-order valence-corrected chi connectivity index (χ2v) is 7.13. The van der Waals surface area contributed by atoms with Gasteiger partial charge in [-0.1, -0.05) is 19.8 Å². The molecule has 0 bridgehead atoms. The van der Waals surface area contributed by atoms with Crippen molar-refractivity contribution in [2.75, 3.05) is 27.9 Å². The van der Waals surface area contributed by atoms with Gasteiger partial charge in [0.25, 0.3) is 5.91 Å². The van der Waals surface area contributed by atoms with Crippen molar-refractivity contribution in [2.24, 2.45) is 5.92 Å². The molecule has 156 valence electrons. The number of hydrogen-bond acceptors (Lipinski definition) is 6. The first-order valence-electron chi connectivity index (χ1n) is 9.72. The molecule has 1 N–H and O–H groups in total. The summed E-state index contributed by atoms with van der Waals surface area (Å²) in [6.45, 7) is 1.91. The van der Waals surface area contributed by atoms with Gasteiger partial charge < -0.3 is 24.3 Å². The molecule has 1 aliphatic carbocycles. The number of amides is 1. The standard InChI is InChI=1S/C21H31NO6/c1-14-7-5-6-8-16(14)22-19(23)13-28-20(24)10-9-15-11-17(25-2)21(27-4)18(12-15)26-3/h11-12,14,16H,5-10,13H2,1-4H3,(H,22,23)/t14-,16-/m0/s1. The lowest BCUT2D eigenvalue weighted by atomic mass is 9.86. The predicted octanol–water partition coefficient (Wildman–Crippen LogP) is 2.88. The minimum atomic E-state index is -0.416. The van der Waals surface area contributed by atoms with Gasteiger partial charge in [-0.05, 0) is 42.9 Å². The van der Waals surface area contributed by atoms with E-state index in [9.17, 15) is 9.59 Å². The number of nitrogens with one attached hydrogen (secondary N) is 1. The summed E-state index contributed by atoms with van der Waals surface area (Å²) in [6.07, 6.45) is 5.05. The molecule has 7 nitrogen and oxygen atoms in total. The lowest BCUT2D eigenvalue weighted by Crippen LogP contribution is -2.42. The molecule has 0 spiro atoms. The highest BCUT2D eigenvalue weighted by molar-refractivity contribution is 5.80. The zero-order valence-electron chi connectivity index (χ0n) is 17.2. The molecule has 0 unspecified atom stereocenters. The van der Waals surface area contributed by atoms with Gasteiger partial charge in [0.2, 0.25) is 5.75 Å². The zero-order chi connectivity index (χ0) is 20.5. The number of benzene rings is 1. The predicted molar refractivity (Wildman–Crippen MR) is 105 cm³/mol. The van der Waals surface area contributed by atoms with E-state index in [1.165, 1.54) is 13.5 Å². The fourth-order valence-electron chi connectivity index (χ4n) is 3.52. The number of esters is 1. The molecular formula is C21H31NO6. The number of carbonyl (C=O) groups excluding carboxylic acids is 2. The van der Waals surface area contributed by atoms with Crippen molar-refractivity contribution in [3.8, 4) is 17.2 Å². The van der Waals surface area contributed by atoms with E-state index in [-0.39, 0.29) is 25.0 Å². The van der Waals surface area contributed by atoms with E-state index in [4.69, 9.17) is 18.9 Å². The summed E-state index contributed by atoms with van der Waals surface area (Å²) in [6, 6.07) is 3.77. The lowest BCUT2D eigenvalue weighted by Gasteiger charge is -2.29. The van der Waals surface area contributed by atoms with Crippen LogP contribution < -0.4 is 19.5 Å². The molecule has 0 saturated heterocycles. The van der Waals surface area contributed by atoms with Gasteiger partial charge >= 0.3 is 5.97 Å². The summed E-state index contributed by atoms with van der Waals surface area (Å²) in [4.78, 5) is 24.1. The minimum Gasteiger partial charge on any atom is -0.493 e. The van der Waals surface area contributed by atoms with E-state index in [0.29, 0.717) is 29.6 Å². The smallest absolute Gasteiger partial charge is 0.306 e. The van der Waals surface area contributed by atoms with E-state index in [2.05, 4.69) is 12.2 Å². The lowest BCUT2D eigenvalue weighted by molar-refractivity contribution is -0.148. The quantitative estimate of drug-likeness (QED) is 0.650. The Kier molecular flexibility index (Phi) is 8.42. The number of ether oxygens (including phenoxy) is 4. The molecule has 1 saturated carbocycles. The third kappa shape index (κ3) is 6.04. The molecule has 2 atom stereocenters. The summed E-state index contributed by atoms with van der Waals surface area (Å²) in [5.41, 5.74) is 0.854. The Hall–Kier alpha value is -2.44. The van der Waals surface area contributed by atoms with E-state index >= 15 is 0 Å². The topological polar surface area (TPSA) is 83.1 Å². The maximum atomic E-state index is 12.0. The van der Waals surface area contributed by atoms with Crippen molar-refractivity contribution < 1.29 is 28.5 Å². The van der Waals surface area contributed by atoms with Crippen LogP contribution in [-0.4, -0.2) is 45.9 Å². The molecule has 7 heteroatoms. The van der Waals surface area contributed by atoms with Crippen LogP contribution in [0.15, 0.2) is 12.1 Å². The Labute approximate surface area is 166 Å². The Balaban J connectivity index is 1.81. The summed E-state index contributed by atoms with van der Waals surface area (Å²) in [7, 11) is 4.62. The Morgan fingerprint density at radius 3 is 2.25 bits per heavy atom. The number of carbonyl (C=O) groups is 2. The first-order valence-corrected chi connectivity index (χ1v) is 9.72. The molecule has 2 rings (SSSR count). The van der Waals surface area contributed by atoms with E-state index in [0.717, 1.165) is 24.8 Å². The second kappa shape index (κ2) is 10.8. The third-order valence-electron chi connectivity index (χ3n) is 5.16. The van der Waals surface area contributed by atoms with Crippen molar-refractivity contribution in [1.82, 2.24) is 5.32 Å². The van der Waals surface area contributed by atoms with Crippen LogP contribution in [0.1, 0.15) is 44.6 Å². The monoisotopic (exact) mass is 393 g/mol. The van der Waals surface area contributed by atoms with Crippen LogP contribution in [-0.2, 0) is 20.7 Å². The molecule has 1 aliphatic rings. The molecule has 1 aromatic rings. The zero-order valence-corrected chi connectivity index (χ0v) is 17.2. The van der Waals surface area contributed by atoms with Crippen LogP contribution in [0, 0.1) is 5.92 Å². The van der Waals surface area contributed by atoms with Crippen molar-refractivity contribution in [3.05, 3.63) is 17.7 Å². The van der Waals surface area contributed by atoms with Crippen molar-refractivity contribution in [1.29, 1.82) is 0 Å². The van der Waals surface area contributed by atoms with Gasteiger partial charge in [-0.15, -0.1) is 0 Å². The van der Waals surface area contributed by atoms with Gasteiger partial charge in [-0.2, -0.15) is 0 Å². The van der Waals surface area contributed by atoms with Gasteiger partial charge in [-0.3, -0.25) is 9.59 Å². The average Bonchev–Trinajstić information content (AvgIpc) is 2.71. The van der Waals surface area contributed by atoms with Crippen LogP contribution in [0.3, 0.4) is 0 Å². The summed E-state index contributed by atoms with van der Waals surface area (Å²) >= 11 is 0. The summed E-state index contributed by atoms with van der Waals surface area (Å²) in [5.74, 6) is 1.39. The van der Waals surface area contributed by atoms with Gasteiger partial charge in [0.1, 0.15) is 0 Å². The molecule has 0 aromatic heterocycles. The van der Waals surface area contributed by atoms with Crippen LogP contribution >= 0.6 is 0 Å². The highest BCUT2D eigenvalue weighted by atomic mass is 16.5. The Morgan fingerprint density at radius 1 is 1.04 bits per heavy atom. The molecule has 1 aromatic carbocycles. The van der Waals surface area contributed by atoms with Crippen molar-refractivity contribution in [3.63, 3.8) is 0 Å². The van der Waals surface area contributed by atoms with Crippen molar-refractivity contribution >= 4 is 11.9 Å². The first-order chi connectivity index (χ1) is 13.5. The first kappa shape index (κ1) is 21.9. The van der Waals surface area contributed by atoms with E-state index < -0.39 is 5.97 Å². The second-order valence-electron chi connectivity index (χ2n) is 7.13. The van der Waals surface area contributed by atoms with Crippen molar-refractivity contribution in [2.45, 2.75) is 51.5 Å². The molecular weight excluding hydrogens is 362 g/mol. The van der Waals surface area contributed by atoms with E-state index in [1.807, 2.05) is 0 Å². The van der Waals surface area contributed by atoms with Crippen LogP contribution in [0.25, 0.3) is 0 Å². The molecule has 1 amide bonds. The van der Waals surface area contributed by atoms with E-state index in [1.54, 1.807) is 26.4 Å². The van der Waals surface area contributed by atoms with Gasteiger partial charge in [0.15, 0.2) is 18.1 Å². The maximum Gasteiger partial charge on any atom is 0.306 e. The maximum absolute atomic E-state index is 12.0. The van der Waals surface area contributed by atoms with Gasteiger partial charge in [0, 0.05) is 12.5 Å². The Morgan fingerprint density at radius 2 is 1.68 bits per heavy atom. The number of hydrogen-bond donors (Lipinski definition) is 1. The highest BCUT2D eigenvalue weighted by Gasteiger charge is 2.23. The fourth-order valence-corrected chi connectivity index (χ4v) is 3.52. The van der Waals surface area contributed by atoms with Gasteiger partial charge in [-0.25, -0.2) is 0 Å². The third-order valence-corrected chi connectivity index (χ3v) is 5.16. The largest absolute Gasteiger partial charge is 0.493 e. The number of aryl methyl sites for hydroxylation is 1. The minimum absolute atomic E-state index is 0.158.